The van der Waals surface area contributed by atoms with Crippen molar-refractivity contribution in [3.63, 3.8) is 0 Å². The molecule has 12 heavy (non-hydrogen) atoms. The summed E-state index contributed by atoms with van der Waals surface area (Å²) in [6.07, 6.45) is 0.324. The van der Waals surface area contributed by atoms with E-state index in [1.165, 1.54) is 6.92 Å². The van der Waals surface area contributed by atoms with Crippen molar-refractivity contribution in [3.8, 4) is 0 Å². The third kappa shape index (κ3) is 3.60. The van der Waals surface area contributed by atoms with Crippen LogP contribution in [0.2, 0.25) is 0 Å². The number of carbonyl (C=O) groups excluding carboxylic acids is 1. The van der Waals surface area contributed by atoms with Crippen LogP contribution in [0.1, 0.15) is 20.3 Å². The highest BCUT2D eigenvalue weighted by Crippen LogP contribution is 2.26. The van der Waals surface area contributed by atoms with Gasteiger partial charge in [-0.1, -0.05) is 13.5 Å². The van der Waals surface area contributed by atoms with Crippen LogP contribution in [0.5, 0.6) is 0 Å². The Labute approximate surface area is 72.1 Å². The van der Waals surface area contributed by atoms with Crippen molar-refractivity contribution in [1.82, 2.24) is 0 Å². The molecule has 0 amide bonds. The molecule has 0 aliphatic rings. The summed E-state index contributed by atoms with van der Waals surface area (Å²) >= 11 is 0. The average Bonchev–Trinajstić information content (AvgIpc) is 1.98. The van der Waals surface area contributed by atoms with Crippen LogP contribution in [0.3, 0.4) is 0 Å². The minimum Gasteiger partial charge on any atom is -0.410 e. The minimum absolute atomic E-state index is 0.227. The Morgan fingerprint density at radius 2 is 2.25 bits per heavy atom. The van der Waals surface area contributed by atoms with E-state index in [2.05, 4.69) is 11.3 Å². The maximum absolute atomic E-state index is 10.9. The van der Waals surface area contributed by atoms with E-state index in [-0.39, 0.29) is 5.57 Å². The van der Waals surface area contributed by atoms with E-state index in [0.717, 1.165) is 0 Å². The van der Waals surface area contributed by atoms with Crippen molar-refractivity contribution >= 4 is 14.0 Å². The summed E-state index contributed by atoms with van der Waals surface area (Å²) in [5, 5.41) is 0. The Hall–Kier alpha value is -0.730. The van der Waals surface area contributed by atoms with Gasteiger partial charge in [-0.05, 0) is 11.5 Å². The number of esters is 1. The summed E-state index contributed by atoms with van der Waals surface area (Å²) in [4.78, 5) is 19.5. The van der Waals surface area contributed by atoms with E-state index < -0.39 is 19.8 Å². The van der Waals surface area contributed by atoms with E-state index >= 15 is 0 Å². The molecule has 0 aromatic rings. The van der Waals surface area contributed by atoms with Gasteiger partial charge in [-0.3, -0.25) is 0 Å². The van der Waals surface area contributed by atoms with Gasteiger partial charge < -0.3 is 4.74 Å². The lowest BCUT2D eigenvalue weighted by Gasteiger charge is -2.03. The third-order valence-electron chi connectivity index (χ3n) is 1.19. The minimum atomic E-state index is -2.46. The Morgan fingerprint density at radius 3 is 2.50 bits per heavy atom. The molecule has 0 heterocycles. The number of carbonyl (C=O) groups is 1. The van der Waals surface area contributed by atoms with Crippen molar-refractivity contribution < 1.29 is 19.0 Å². The van der Waals surface area contributed by atoms with Crippen molar-refractivity contribution in [3.05, 3.63) is 12.2 Å². The highest BCUT2D eigenvalue weighted by Gasteiger charge is 2.30. The Morgan fingerprint density at radius 1 is 1.75 bits per heavy atom. The van der Waals surface area contributed by atoms with Gasteiger partial charge in [0.2, 0.25) is 0 Å². The number of rotatable bonds is 4. The standard InChI is InChI=1S/C7H11O4P/c1-4-6(12(9)10)11-7(8)5(2)3/h6H,2,4H2,1,3H3/p+1. The first-order valence-electron chi connectivity index (χ1n) is 3.50. The molecule has 0 bridgehead atoms. The molecule has 0 aliphatic carbocycles. The summed E-state index contributed by atoms with van der Waals surface area (Å²) in [5.41, 5.74) is 0.227. The number of hydrogen-bond donors (Lipinski definition) is 1. The van der Waals surface area contributed by atoms with Gasteiger partial charge in [0.1, 0.15) is 0 Å². The summed E-state index contributed by atoms with van der Waals surface area (Å²) in [6.45, 7) is 6.50. The smallest absolute Gasteiger partial charge is 0.410 e. The topological polar surface area (TPSA) is 63.6 Å². The van der Waals surface area contributed by atoms with Gasteiger partial charge in [-0.15, -0.1) is 0 Å². The molecule has 0 aromatic carbocycles. The quantitative estimate of drug-likeness (QED) is 0.416. The van der Waals surface area contributed by atoms with Crippen molar-refractivity contribution in [1.29, 1.82) is 0 Å². The fourth-order valence-electron chi connectivity index (χ4n) is 0.509. The first-order valence-corrected chi connectivity index (χ1v) is 4.79. The predicted molar refractivity (Wildman–Crippen MR) is 44.8 cm³/mol. The van der Waals surface area contributed by atoms with Crippen LogP contribution in [-0.2, 0) is 14.1 Å². The molecule has 5 heteroatoms. The molecule has 0 aromatic heterocycles. The molecule has 0 radical (unpaired) electrons. The van der Waals surface area contributed by atoms with Gasteiger partial charge in [0.15, 0.2) is 0 Å². The van der Waals surface area contributed by atoms with Crippen LogP contribution in [0.25, 0.3) is 0 Å². The van der Waals surface area contributed by atoms with Gasteiger partial charge in [-0.2, -0.15) is 4.89 Å². The first kappa shape index (κ1) is 11.3. The highest BCUT2D eigenvalue weighted by molar-refractivity contribution is 7.38. The molecule has 0 spiro atoms. The van der Waals surface area contributed by atoms with Gasteiger partial charge in [0, 0.05) is 12.0 Å². The van der Waals surface area contributed by atoms with E-state index in [1.54, 1.807) is 6.92 Å². The maximum atomic E-state index is 10.9. The Kier molecular flexibility index (Phi) is 4.71. The molecule has 2 unspecified atom stereocenters. The second-order valence-corrected chi connectivity index (χ2v) is 3.53. The zero-order chi connectivity index (χ0) is 9.72. The van der Waals surface area contributed by atoms with Crippen LogP contribution in [0, 0.1) is 0 Å². The lowest BCUT2D eigenvalue weighted by atomic mass is 10.4. The molecular weight excluding hydrogens is 179 g/mol. The molecule has 0 saturated heterocycles. The molecular formula is C7H12O4P+. The van der Waals surface area contributed by atoms with Gasteiger partial charge in [-0.25, -0.2) is 4.79 Å². The number of ether oxygens (including phenoxy) is 1. The van der Waals surface area contributed by atoms with Crippen LogP contribution in [0.4, 0.5) is 0 Å². The van der Waals surface area contributed by atoms with E-state index in [9.17, 15) is 9.36 Å². The van der Waals surface area contributed by atoms with Gasteiger partial charge in [0.05, 0.1) is 0 Å². The third-order valence-corrected chi connectivity index (χ3v) is 2.15. The van der Waals surface area contributed by atoms with Crippen LogP contribution >= 0.6 is 8.03 Å². The molecule has 1 N–H and O–H groups in total. The van der Waals surface area contributed by atoms with E-state index in [0.29, 0.717) is 6.42 Å². The molecule has 2 atom stereocenters. The van der Waals surface area contributed by atoms with Gasteiger partial charge in [0.25, 0.3) is 0 Å². The lowest BCUT2D eigenvalue weighted by Crippen LogP contribution is -2.14. The first-order chi connectivity index (χ1) is 5.49. The largest absolute Gasteiger partial charge is 0.550 e. The lowest BCUT2D eigenvalue weighted by molar-refractivity contribution is -0.141. The fourth-order valence-corrected chi connectivity index (χ4v) is 1.01. The van der Waals surface area contributed by atoms with Crippen LogP contribution < -0.4 is 0 Å². The molecule has 0 saturated carbocycles. The average molecular weight is 191 g/mol. The number of hydrogen-bond acceptors (Lipinski definition) is 3. The predicted octanol–water partition coefficient (Wildman–Crippen LogP) is 1.58. The van der Waals surface area contributed by atoms with Crippen molar-refractivity contribution in [2.75, 3.05) is 0 Å². The molecule has 0 rings (SSSR count). The molecule has 0 aliphatic heterocycles. The zero-order valence-electron chi connectivity index (χ0n) is 7.11. The Balaban J connectivity index is 4.12. The second kappa shape index (κ2) is 5.01. The Bertz CT molecular complexity index is 211. The summed E-state index contributed by atoms with van der Waals surface area (Å²) in [7, 11) is -2.46. The monoisotopic (exact) mass is 191 g/mol. The van der Waals surface area contributed by atoms with E-state index in [1.807, 2.05) is 0 Å². The van der Waals surface area contributed by atoms with Crippen molar-refractivity contribution in [2.24, 2.45) is 0 Å². The van der Waals surface area contributed by atoms with E-state index in [4.69, 9.17) is 4.89 Å². The fraction of sp³-hybridized carbons (Fsp3) is 0.571. The zero-order valence-corrected chi connectivity index (χ0v) is 8.01. The summed E-state index contributed by atoms with van der Waals surface area (Å²) < 4.78 is 15.2. The highest BCUT2D eigenvalue weighted by atomic mass is 31.1. The van der Waals surface area contributed by atoms with Gasteiger partial charge >= 0.3 is 19.8 Å². The molecule has 68 valence electrons. The molecule has 0 fully saturated rings. The summed E-state index contributed by atoms with van der Waals surface area (Å²) in [5.74, 6) is -1.54. The van der Waals surface area contributed by atoms with Crippen LogP contribution in [0.15, 0.2) is 12.2 Å². The molecule has 4 nitrogen and oxygen atoms in total. The SMILES string of the molecule is C=C(C)C(=O)OC(CC)[P+](=O)O. The normalized spacial score (nSPS) is 13.4. The maximum Gasteiger partial charge on any atom is 0.550 e. The van der Waals surface area contributed by atoms with Crippen LogP contribution in [-0.4, -0.2) is 16.7 Å². The van der Waals surface area contributed by atoms with Crippen molar-refractivity contribution in [2.45, 2.75) is 26.1 Å². The summed E-state index contributed by atoms with van der Waals surface area (Å²) in [6, 6.07) is 0. The second-order valence-electron chi connectivity index (χ2n) is 2.35.